The van der Waals surface area contributed by atoms with Crippen molar-refractivity contribution in [1.29, 1.82) is 0 Å². The molecule has 2 heterocycles. The van der Waals surface area contributed by atoms with Gasteiger partial charge in [-0.3, -0.25) is 24.2 Å². The lowest BCUT2D eigenvalue weighted by Gasteiger charge is -2.18. The maximum atomic E-state index is 13.2. The number of benzene rings is 2. The topological polar surface area (TPSA) is 161 Å². The number of rotatable bonds is 8. The summed E-state index contributed by atoms with van der Waals surface area (Å²) in [6.07, 6.45) is 2.40. The van der Waals surface area contributed by atoms with Gasteiger partial charge in [-0.25, -0.2) is 27.6 Å². The number of alkyl carbamates (subject to hydrolysis) is 1. The van der Waals surface area contributed by atoms with E-state index in [1.807, 2.05) is 0 Å². The fourth-order valence-corrected chi connectivity index (χ4v) is 5.06. The van der Waals surface area contributed by atoms with Gasteiger partial charge in [-0.1, -0.05) is 12.1 Å². The van der Waals surface area contributed by atoms with Crippen LogP contribution in [0.15, 0.2) is 69.4 Å². The van der Waals surface area contributed by atoms with Crippen molar-refractivity contribution in [2.45, 2.75) is 56.7 Å². The lowest BCUT2D eigenvalue weighted by molar-refractivity contribution is -0.124. The zero-order valence-electron chi connectivity index (χ0n) is 22.5. The van der Waals surface area contributed by atoms with Gasteiger partial charge in [0.1, 0.15) is 29.0 Å². The molecule has 1 aliphatic rings. The van der Waals surface area contributed by atoms with Crippen molar-refractivity contribution < 1.29 is 27.1 Å². The number of sulfonamides is 1. The Labute approximate surface area is 235 Å². The Morgan fingerprint density at radius 2 is 1.83 bits per heavy atom. The highest BCUT2D eigenvalue weighted by molar-refractivity contribution is 7.92. The van der Waals surface area contributed by atoms with Gasteiger partial charge in [0.15, 0.2) is 0 Å². The van der Waals surface area contributed by atoms with Crippen LogP contribution in [-0.2, 0) is 32.5 Å². The minimum Gasteiger partial charge on any atom is -0.444 e. The number of nitrogens with one attached hydrogen (secondary N) is 3. The van der Waals surface area contributed by atoms with Crippen molar-refractivity contribution in [2.75, 3.05) is 4.72 Å². The Morgan fingerprint density at radius 3 is 2.49 bits per heavy atom. The number of aromatic nitrogens is 2. The summed E-state index contributed by atoms with van der Waals surface area (Å²) in [7, 11) is -4.18. The van der Waals surface area contributed by atoms with Crippen molar-refractivity contribution in [3.05, 3.63) is 82.3 Å². The number of fused-ring (bicyclic) bond motifs is 1. The predicted molar refractivity (Wildman–Crippen MR) is 149 cm³/mol. The zero-order chi connectivity index (χ0) is 29.8. The Bertz CT molecular complexity index is 1630. The number of carbonyl (C=O) groups is 2. The first kappa shape index (κ1) is 29.4. The van der Waals surface area contributed by atoms with Crippen molar-refractivity contribution in [3.8, 4) is 0 Å². The highest BCUT2D eigenvalue weighted by Gasteiger charge is 2.31. The monoisotopic (exact) mass is 584 g/mol. The number of halogens is 1. The number of aliphatic imine (C=N–C) groups is 1. The van der Waals surface area contributed by atoms with Crippen LogP contribution in [0, 0.1) is 5.82 Å². The molecule has 0 radical (unpaired) electrons. The molecular weight excluding hydrogens is 555 g/mol. The van der Waals surface area contributed by atoms with E-state index in [0.717, 1.165) is 36.0 Å². The maximum Gasteiger partial charge on any atom is 0.412 e. The van der Waals surface area contributed by atoms with E-state index in [9.17, 15) is 27.2 Å². The van der Waals surface area contributed by atoms with Gasteiger partial charge in [0, 0.05) is 13.0 Å². The summed E-state index contributed by atoms with van der Waals surface area (Å²) in [4.78, 5) is 45.9. The maximum absolute atomic E-state index is 13.2. The van der Waals surface area contributed by atoms with Crippen LogP contribution >= 0.6 is 0 Å². The molecule has 4 rings (SSSR count). The zero-order valence-corrected chi connectivity index (χ0v) is 23.4. The summed E-state index contributed by atoms with van der Waals surface area (Å²) in [5, 5.41) is 5.21. The second kappa shape index (κ2) is 11.9. The smallest absolute Gasteiger partial charge is 0.412 e. The van der Waals surface area contributed by atoms with Crippen LogP contribution in [0.4, 0.5) is 20.6 Å². The molecule has 1 aliphatic heterocycles. The molecule has 3 N–H and O–H groups in total. The van der Waals surface area contributed by atoms with E-state index in [4.69, 9.17) is 4.74 Å². The first-order valence-electron chi connectivity index (χ1n) is 12.6. The van der Waals surface area contributed by atoms with E-state index < -0.39 is 45.0 Å². The predicted octanol–water partition coefficient (Wildman–Crippen LogP) is 3.17. The third-order valence-corrected chi connectivity index (χ3v) is 7.27. The molecule has 0 fully saturated rings. The van der Waals surface area contributed by atoms with Gasteiger partial charge < -0.3 is 10.1 Å². The van der Waals surface area contributed by atoms with Crippen LogP contribution < -0.4 is 20.9 Å². The molecule has 0 spiro atoms. The lowest BCUT2D eigenvalue weighted by atomic mass is 10.1. The van der Waals surface area contributed by atoms with Crippen LogP contribution in [0.2, 0.25) is 0 Å². The average Bonchev–Trinajstić information content (AvgIpc) is 3.34. The summed E-state index contributed by atoms with van der Waals surface area (Å²) >= 11 is 0. The van der Waals surface area contributed by atoms with Crippen LogP contribution in [-0.4, -0.2) is 41.9 Å². The first-order valence-corrected chi connectivity index (χ1v) is 14.1. The molecule has 0 saturated heterocycles. The summed E-state index contributed by atoms with van der Waals surface area (Å²) < 4.78 is 47.1. The molecule has 0 aliphatic carbocycles. The van der Waals surface area contributed by atoms with E-state index in [1.165, 1.54) is 10.9 Å². The summed E-state index contributed by atoms with van der Waals surface area (Å²) in [6.45, 7) is 5.42. The van der Waals surface area contributed by atoms with Gasteiger partial charge in [-0.05, 0) is 69.2 Å². The Hall–Kier alpha value is -4.59. The molecule has 0 bridgehead atoms. The molecule has 1 aromatic heterocycles. The van der Waals surface area contributed by atoms with E-state index in [-0.39, 0.29) is 17.1 Å². The number of nitrogens with zero attached hydrogens (tertiary/aromatic N) is 3. The highest BCUT2D eigenvalue weighted by Crippen LogP contribution is 2.24. The van der Waals surface area contributed by atoms with Gasteiger partial charge >= 0.3 is 6.09 Å². The van der Waals surface area contributed by atoms with E-state index in [0.29, 0.717) is 24.4 Å². The largest absolute Gasteiger partial charge is 0.444 e. The highest BCUT2D eigenvalue weighted by atomic mass is 32.2. The quantitative estimate of drug-likeness (QED) is 0.271. The van der Waals surface area contributed by atoms with Crippen molar-refractivity contribution in [3.63, 3.8) is 0 Å². The minimum absolute atomic E-state index is 0.171. The number of hydrogen-bond acceptors (Lipinski definition) is 8. The summed E-state index contributed by atoms with van der Waals surface area (Å²) in [5.74, 6) is -0.661. The Balaban J connectivity index is 1.38. The van der Waals surface area contributed by atoms with Crippen LogP contribution in [0.25, 0.3) is 0 Å². The van der Waals surface area contributed by atoms with E-state index in [2.05, 4.69) is 25.3 Å². The fraction of sp³-hybridized carbons (Fsp3) is 0.296. The Morgan fingerprint density at radius 1 is 1.15 bits per heavy atom. The third kappa shape index (κ3) is 7.54. The molecule has 14 heteroatoms. The summed E-state index contributed by atoms with van der Waals surface area (Å²) in [6, 6.07) is 10.2. The molecule has 216 valence electrons. The third-order valence-electron chi connectivity index (χ3n) is 5.89. The van der Waals surface area contributed by atoms with Crippen molar-refractivity contribution in [1.82, 2.24) is 20.2 Å². The number of amides is 2. The SMILES string of the molecule is CC(C)(C)OC(=O)NC=Nc1ccc(CNC(=O)[C@@H]2CCc3ncc(NS(=O)(=O)c4ccc(F)cc4)c(=O)n32)cc1. The molecule has 0 saturated carbocycles. The van der Waals surface area contributed by atoms with E-state index in [1.54, 1.807) is 45.0 Å². The van der Waals surface area contributed by atoms with Crippen molar-refractivity contribution in [2.24, 2.45) is 4.99 Å². The minimum atomic E-state index is -4.18. The van der Waals surface area contributed by atoms with Crippen LogP contribution in [0.3, 0.4) is 0 Å². The number of carbonyl (C=O) groups excluding carboxylic acids is 2. The van der Waals surface area contributed by atoms with Gasteiger partial charge in [0.05, 0.1) is 23.1 Å². The fourth-order valence-electron chi connectivity index (χ4n) is 4.01. The second-order valence-corrected chi connectivity index (χ2v) is 11.8. The molecule has 1 atom stereocenters. The standard InChI is InChI=1S/C27H29FN6O6S/c1-27(2,3)40-26(37)32-16-31-19-8-4-17(5-9-19)14-30-24(35)22-12-13-23-29-15-21(25(36)34(22)23)33-41(38,39)20-10-6-18(28)7-11-20/h4-11,15-16,22,33H,12-14H2,1-3H3,(H,30,35)(H,31,32,37)/t22-/m0/s1. The molecule has 2 aromatic carbocycles. The van der Waals surface area contributed by atoms with Gasteiger partial charge in [-0.15, -0.1) is 0 Å². The normalized spacial score (nSPS) is 14.9. The molecule has 12 nitrogen and oxygen atoms in total. The molecule has 41 heavy (non-hydrogen) atoms. The average molecular weight is 585 g/mol. The number of aryl methyl sites for hydroxylation is 1. The van der Waals surface area contributed by atoms with Crippen LogP contribution in [0.1, 0.15) is 44.6 Å². The van der Waals surface area contributed by atoms with Gasteiger partial charge in [0.25, 0.3) is 15.6 Å². The number of anilines is 1. The van der Waals surface area contributed by atoms with Gasteiger partial charge in [0.2, 0.25) is 5.91 Å². The number of hydrogen-bond donors (Lipinski definition) is 3. The molecular formula is C27H29FN6O6S. The molecule has 3 aromatic rings. The molecule has 2 amide bonds. The molecule has 0 unspecified atom stereocenters. The van der Waals surface area contributed by atoms with Crippen molar-refractivity contribution >= 4 is 39.7 Å². The van der Waals surface area contributed by atoms with Gasteiger partial charge in [-0.2, -0.15) is 0 Å². The Kier molecular flexibility index (Phi) is 8.52. The second-order valence-electron chi connectivity index (χ2n) is 10.2. The summed E-state index contributed by atoms with van der Waals surface area (Å²) in [5.41, 5.74) is -0.327. The van der Waals surface area contributed by atoms with E-state index >= 15 is 0 Å². The number of ether oxygens (including phenoxy) is 1. The lowest BCUT2D eigenvalue weighted by Crippen LogP contribution is -2.36. The van der Waals surface area contributed by atoms with Crippen LogP contribution in [0.5, 0.6) is 0 Å². The first-order chi connectivity index (χ1) is 19.3.